The average molecular weight is 405 g/mol. The molecule has 3 aromatic rings. The zero-order valence-corrected chi connectivity index (χ0v) is 17.4. The highest BCUT2D eigenvalue weighted by Gasteiger charge is 2.21. The minimum atomic E-state index is 0.0538. The van der Waals surface area contributed by atoms with Gasteiger partial charge in [0.25, 0.3) is 0 Å². The molecule has 7 heteroatoms. The van der Waals surface area contributed by atoms with Crippen molar-refractivity contribution < 1.29 is 4.79 Å². The summed E-state index contributed by atoms with van der Waals surface area (Å²) < 4.78 is 1.85. The molecule has 2 aromatic heterocycles. The molecule has 0 radical (unpaired) electrons. The van der Waals surface area contributed by atoms with Gasteiger partial charge in [0.15, 0.2) is 0 Å². The Morgan fingerprint density at radius 2 is 1.97 bits per heavy atom. The van der Waals surface area contributed by atoms with Gasteiger partial charge in [0.05, 0.1) is 24.1 Å². The van der Waals surface area contributed by atoms with Crippen LogP contribution in [0.1, 0.15) is 49.1 Å². The van der Waals surface area contributed by atoms with E-state index in [-0.39, 0.29) is 5.91 Å². The zero-order valence-electron chi connectivity index (χ0n) is 17.4. The molecule has 0 atom stereocenters. The molecule has 1 aliphatic heterocycles. The Bertz CT molecular complexity index is 963. The number of anilines is 1. The van der Waals surface area contributed by atoms with Gasteiger partial charge < -0.3 is 5.32 Å². The first-order valence-electron chi connectivity index (χ1n) is 10.6. The first-order valence-corrected chi connectivity index (χ1v) is 10.6. The van der Waals surface area contributed by atoms with Crippen LogP contribution in [0, 0.1) is 0 Å². The van der Waals surface area contributed by atoms with Crippen molar-refractivity contribution in [3.05, 3.63) is 71.8 Å². The number of amides is 1. The quantitative estimate of drug-likeness (QED) is 0.653. The van der Waals surface area contributed by atoms with Crippen molar-refractivity contribution >= 4 is 11.6 Å². The Morgan fingerprint density at radius 3 is 2.73 bits per heavy atom. The van der Waals surface area contributed by atoms with Gasteiger partial charge in [-0.15, -0.1) is 5.10 Å². The molecule has 0 saturated carbocycles. The summed E-state index contributed by atoms with van der Waals surface area (Å²) >= 11 is 0. The fourth-order valence-corrected chi connectivity index (χ4v) is 3.92. The Balaban J connectivity index is 1.29. The Labute approximate surface area is 177 Å². The molecular formula is C23H28N6O. The lowest BCUT2D eigenvalue weighted by Crippen LogP contribution is -2.32. The zero-order chi connectivity index (χ0) is 20.8. The van der Waals surface area contributed by atoms with Crippen molar-refractivity contribution in [3.8, 4) is 0 Å². The van der Waals surface area contributed by atoms with E-state index in [9.17, 15) is 4.79 Å². The van der Waals surface area contributed by atoms with Crippen LogP contribution in [-0.4, -0.2) is 43.9 Å². The maximum atomic E-state index is 11.7. The number of rotatable bonds is 7. The number of benzene rings is 1. The summed E-state index contributed by atoms with van der Waals surface area (Å²) in [6, 6.07) is 14.2. The second-order valence-electron chi connectivity index (χ2n) is 7.81. The lowest BCUT2D eigenvalue weighted by Gasteiger charge is -2.31. The largest absolute Gasteiger partial charge is 0.326 e. The van der Waals surface area contributed by atoms with E-state index >= 15 is 0 Å². The predicted octanol–water partition coefficient (Wildman–Crippen LogP) is 3.45. The minimum Gasteiger partial charge on any atom is -0.326 e. The van der Waals surface area contributed by atoms with Gasteiger partial charge in [-0.25, -0.2) is 4.68 Å². The summed E-state index contributed by atoms with van der Waals surface area (Å²) in [7, 11) is 0. The third kappa shape index (κ3) is 5.30. The SMILES string of the molecule is CCC(=O)Nc1cccc(C2CCN(Cc3cn(Cc4ccccn4)nn3)CC2)c1. The van der Waals surface area contributed by atoms with Crippen LogP contribution in [-0.2, 0) is 17.9 Å². The van der Waals surface area contributed by atoms with Crippen molar-refractivity contribution in [2.75, 3.05) is 18.4 Å². The molecule has 0 bridgehead atoms. The highest BCUT2D eigenvalue weighted by molar-refractivity contribution is 5.90. The maximum absolute atomic E-state index is 11.7. The van der Waals surface area contributed by atoms with E-state index in [0.717, 1.165) is 49.6 Å². The topological polar surface area (TPSA) is 75.9 Å². The molecule has 4 rings (SSSR count). The summed E-state index contributed by atoms with van der Waals surface area (Å²) in [4.78, 5) is 18.4. The molecule has 7 nitrogen and oxygen atoms in total. The highest BCUT2D eigenvalue weighted by atomic mass is 16.1. The number of hydrogen-bond donors (Lipinski definition) is 1. The van der Waals surface area contributed by atoms with E-state index in [4.69, 9.17) is 0 Å². The van der Waals surface area contributed by atoms with Crippen molar-refractivity contribution in [3.63, 3.8) is 0 Å². The highest BCUT2D eigenvalue weighted by Crippen LogP contribution is 2.30. The number of likely N-dealkylation sites (tertiary alicyclic amines) is 1. The standard InChI is InChI=1S/C23H28N6O/c1-2-23(30)25-20-8-5-6-19(14-20)18-9-12-28(13-10-18)15-22-17-29(27-26-22)16-21-7-3-4-11-24-21/h3-8,11,14,17-18H,2,9-10,12-13,15-16H2,1H3,(H,25,30). The summed E-state index contributed by atoms with van der Waals surface area (Å²) in [5, 5.41) is 11.5. The Morgan fingerprint density at radius 1 is 1.10 bits per heavy atom. The van der Waals surface area contributed by atoms with Gasteiger partial charge in [-0.05, 0) is 61.7 Å². The monoisotopic (exact) mass is 404 g/mol. The number of carbonyl (C=O) groups is 1. The van der Waals surface area contributed by atoms with Crippen molar-refractivity contribution in [2.24, 2.45) is 0 Å². The second kappa shape index (κ2) is 9.63. The molecule has 156 valence electrons. The summed E-state index contributed by atoms with van der Waals surface area (Å²) in [5.74, 6) is 0.581. The number of carbonyl (C=O) groups excluding carboxylic acids is 1. The molecule has 1 saturated heterocycles. The summed E-state index contributed by atoms with van der Waals surface area (Å²) in [5.41, 5.74) is 4.18. The fraction of sp³-hybridized carbons (Fsp3) is 0.391. The van der Waals surface area contributed by atoms with E-state index in [0.29, 0.717) is 18.9 Å². The van der Waals surface area contributed by atoms with Gasteiger partial charge in [-0.2, -0.15) is 0 Å². The lowest BCUT2D eigenvalue weighted by atomic mass is 9.89. The van der Waals surface area contributed by atoms with Gasteiger partial charge in [-0.1, -0.05) is 30.3 Å². The predicted molar refractivity (Wildman–Crippen MR) is 116 cm³/mol. The number of hydrogen-bond acceptors (Lipinski definition) is 5. The number of nitrogens with one attached hydrogen (secondary N) is 1. The van der Waals surface area contributed by atoms with E-state index in [1.54, 1.807) is 6.20 Å². The van der Waals surface area contributed by atoms with Crippen LogP contribution in [0.15, 0.2) is 54.9 Å². The van der Waals surface area contributed by atoms with Crippen LogP contribution < -0.4 is 5.32 Å². The van der Waals surface area contributed by atoms with E-state index in [1.807, 2.05) is 48.1 Å². The molecule has 3 heterocycles. The molecular weight excluding hydrogens is 376 g/mol. The molecule has 1 amide bonds. The third-order valence-electron chi connectivity index (χ3n) is 5.57. The van der Waals surface area contributed by atoms with Gasteiger partial charge in [-0.3, -0.25) is 14.7 Å². The maximum Gasteiger partial charge on any atom is 0.224 e. The summed E-state index contributed by atoms with van der Waals surface area (Å²) in [6.07, 6.45) is 6.51. The van der Waals surface area contributed by atoms with Crippen molar-refractivity contribution in [1.29, 1.82) is 0 Å². The normalized spacial score (nSPS) is 15.2. The number of piperidine rings is 1. The molecule has 0 aliphatic carbocycles. The van der Waals surface area contributed by atoms with Crippen LogP contribution >= 0.6 is 0 Å². The first kappa shape index (κ1) is 20.2. The van der Waals surface area contributed by atoms with Crippen LogP contribution in [0.2, 0.25) is 0 Å². The first-order chi connectivity index (χ1) is 14.7. The second-order valence-corrected chi connectivity index (χ2v) is 7.81. The van der Waals surface area contributed by atoms with Gasteiger partial charge in [0.2, 0.25) is 5.91 Å². The number of aromatic nitrogens is 4. The third-order valence-corrected chi connectivity index (χ3v) is 5.57. The van der Waals surface area contributed by atoms with Gasteiger partial charge in [0, 0.05) is 24.8 Å². The molecule has 1 N–H and O–H groups in total. The van der Waals surface area contributed by atoms with Crippen molar-refractivity contribution in [1.82, 2.24) is 24.9 Å². The Hall–Kier alpha value is -3.06. The van der Waals surface area contributed by atoms with Crippen LogP contribution in [0.3, 0.4) is 0 Å². The average Bonchev–Trinajstić information content (AvgIpc) is 3.21. The number of nitrogens with zero attached hydrogens (tertiary/aromatic N) is 5. The molecule has 30 heavy (non-hydrogen) atoms. The van der Waals surface area contributed by atoms with Gasteiger partial charge >= 0.3 is 0 Å². The van der Waals surface area contributed by atoms with Crippen LogP contribution in [0.4, 0.5) is 5.69 Å². The minimum absolute atomic E-state index is 0.0538. The smallest absolute Gasteiger partial charge is 0.224 e. The molecule has 1 fully saturated rings. The fourth-order valence-electron chi connectivity index (χ4n) is 3.92. The summed E-state index contributed by atoms with van der Waals surface area (Å²) in [6.45, 7) is 5.39. The van der Waals surface area contributed by atoms with Crippen LogP contribution in [0.5, 0.6) is 0 Å². The molecule has 1 aliphatic rings. The lowest BCUT2D eigenvalue weighted by molar-refractivity contribution is -0.115. The molecule has 1 aromatic carbocycles. The van der Waals surface area contributed by atoms with E-state index < -0.39 is 0 Å². The van der Waals surface area contributed by atoms with E-state index in [1.165, 1.54) is 5.56 Å². The Kier molecular flexibility index (Phi) is 6.49. The molecule has 0 spiro atoms. The van der Waals surface area contributed by atoms with Crippen molar-refractivity contribution in [2.45, 2.75) is 45.2 Å². The number of pyridine rings is 1. The van der Waals surface area contributed by atoms with Gasteiger partial charge in [0.1, 0.15) is 0 Å². The van der Waals surface area contributed by atoms with E-state index in [2.05, 4.69) is 37.6 Å². The molecule has 0 unspecified atom stereocenters. The van der Waals surface area contributed by atoms with Crippen LogP contribution in [0.25, 0.3) is 0 Å².